The minimum atomic E-state index is -1.08. The third kappa shape index (κ3) is 11.7. The molecular weight excluding hydrogens is 474 g/mol. The Morgan fingerprint density at radius 2 is 1.95 bits per heavy atom. The lowest BCUT2D eigenvalue weighted by Crippen LogP contribution is -2.46. The molecular formula is C27H39N5O5. The van der Waals surface area contributed by atoms with Gasteiger partial charge in [0.1, 0.15) is 5.84 Å². The number of amidine groups is 1. The van der Waals surface area contributed by atoms with Crippen molar-refractivity contribution in [3.63, 3.8) is 0 Å². The van der Waals surface area contributed by atoms with Crippen LogP contribution in [-0.4, -0.2) is 59.1 Å². The Labute approximate surface area is 218 Å². The highest BCUT2D eigenvalue weighted by molar-refractivity contribution is 5.97. The summed E-state index contributed by atoms with van der Waals surface area (Å²) in [6.45, 7) is 10.1. The quantitative estimate of drug-likeness (QED) is 0.150. The highest BCUT2D eigenvalue weighted by Crippen LogP contribution is 2.19. The molecule has 8 N–H and O–H groups in total. The molecule has 1 aromatic carbocycles. The fourth-order valence-corrected chi connectivity index (χ4v) is 3.29. The van der Waals surface area contributed by atoms with E-state index in [0.29, 0.717) is 5.70 Å². The number of allylic oxidation sites excluding steroid dienone is 3. The summed E-state index contributed by atoms with van der Waals surface area (Å²) in [6, 6.07) is 5.27. The number of hydrogen-bond acceptors (Lipinski definition) is 6. The van der Waals surface area contributed by atoms with Crippen molar-refractivity contribution in [2.75, 3.05) is 13.2 Å². The zero-order valence-corrected chi connectivity index (χ0v) is 21.7. The maximum Gasteiger partial charge on any atom is 0.335 e. The number of carboxylic acid groups (broad SMARTS) is 1. The number of benzene rings is 1. The van der Waals surface area contributed by atoms with Crippen LogP contribution < -0.4 is 21.7 Å². The molecule has 0 spiro atoms. The summed E-state index contributed by atoms with van der Waals surface area (Å²) < 4.78 is 0. The van der Waals surface area contributed by atoms with Crippen LogP contribution in [0.5, 0.6) is 0 Å². The van der Waals surface area contributed by atoms with Crippen molar-refractivity contribution in [3.05, 3.63) is 72.0 Å². The smallest absolute Gasteiger partial charge is 0.335 e. The van der Waals surface area contributed by atoms with Gasteiger partial charge in [-0.1, -0.05) is 45.9 Å². The summed E-state index contributed by atoms with van der Waals surface area (Å²) in [7, 11) is 0. The van der Waals surface area contributed by atoms with Crippen LogP contribution in [0.1, 0.15) is 60.7 Å². The second kappa shape index (κ2) is 15.4. The Morgan fingerprint density at radius 1 is 1.27 bits per heavy atom. The average molecular weight is 514 g/mol. The molecule has 1 heterocycles. The number of amides is 2. The number of nitrogens with one attached hydrogen (secondary N) is 4. The van der Waals surface area contributed by atoms with E-state index >= 15 is 0 Å². The minimum Gasteiger partial charge on any atom is -0.478 e. The van der Waals surface area contributed by atoms with Gasteiger partial charge in [-0.15, -0.1) is 0 Å². The van der Waals surface area contributed by atoms with E-state index in [1.165, 1.54) is 24.3 Å². The van der Waals surface area contributed by atoms with Crippen molar-refractivity contribution in [1.29, 1.82) is 5.41 Å². The number of carbonyl (C=O) groups is 3. The molecule has 1 fully saturated rings. The second-order valence-corrected chi connectivity index (χ2v) is 9.59. The first-order valence-corrected chi connectivity index (χ1v) is 12.0. The lowest BCUT2D eigenvalue weighted by Gasteiger charge is -2.29. The van der Waals surface area contributed by atoms with E-state index in [2.05, 4.69) is 22.5 Å². The zero-order chi connectivity index (χ0) is 28.0. The van der Waals surface area contributed by atoms with Gasteiger partial charge in [0.25, 0.3) is 5.91 Å². The van der Waals surface area contributed by atoms with Gasteiger partial charge >= 0.3 is 5.97 Å². The predicted octanol–water partition coefficient (Wildman–Crippen LogP) is 2.33. The van der Waals surface area contributed by atoms with Crippen LogP contribution in [-0.2, 0) is 4.79 Å². The number of nitrogens with two attached hydrogens (primary N) is 1. The third-order valence-electron chi connectivity index (χ3n) is 5.57. The molecule has 2 atom stereocenters. The lowest BCUT2D eigenvalue weighted by atomic mass is 9.87. The van der Waals surface area contributed by atoms with E-state index < -0.39 is 17.9 Å². The van der Waals surface area contributed by atoms with Gasteiger partial charge in [-0.05, 0) is 61.2 Å². The first-order valence-electron chi connectivity index (χ1n) is 12.0. The summed E-state index contributed by atoms with van der Waals surface area (Å²) in [4.78, 5) is 34.8. The normalized spacial score (nSPS) is 16.6. The van der Waals surface area contributed by atoms with Gasteiger partial charge in [0.2, 0.25) is 5.91 Å². The van der Waals surface area contributed by atoms with Crippen LogP contribution >= 0.6 is 0 Å². The second-order valence-electron chi connectivity index (χ2n) is 9.59. The summed E-state index contributed by atoms with van der Waals surface area (Å²) in [6.07, 6.45) is 9.32. The first-order chi connectivity index (χ1) is 17.4. The van der Waals surface area contributed by atoms with Crippen molar-refractivity contribution in [3.8, 4) is 0 Å². The number of piperidine rings is 1. The molecule has 1 aliphatic rings. The van der Waals surface area contributed by atoms with E-state index in [1.54, 1.807) is 24.3 Å². The van der Waals surface area contributed by atoms with Crippen LogP contribution in [0.3, 0.4) is 0 Å². The molecule has 0 aromatic heterocycles. The predicted molar refractivity (Wildman–Crippen MR) is 144 cm³/mol. The standard InChI is InChI=1S/C14H19NO4.C13H20N4O/c1-14(2,3)11(8-16)15-12(17)9-5-4-6-10(7-9)13(18)19;1-2-10(6-5-8-12(14)15)17-13(18)11-7-3-4-9-16-11/h4-7,11,16H,8H2,1-3H3,(H,15,17)(H,18,19);2,5-6,8,11,16H,1,3-4,7,9H2,(H3,14,15)(H,17,18)/b;8-5+,10-6+/t2*11-/m10/s1. The third-order valence-corrected chi connectivity index (χ3v) is 5.57. The van der Waals surface area contributed by atoms with Crippen LogP contribution in [0.15, 0.2) is 60.8 Å². The molecule has 0 bridgehead atoms. The van der Waals surface area contributed by atoms with Crippen molar-refractivity contribution in [2.45, 2.75) is 52.1 Å². The molecule has 1 saturated heterocycles. The molecule has 0 aliphatic carbocycles. The Hall–Kier alpha value is -3.76. The molecule has 0 radical (unpaired) electrons. The van der Waals surface area contributed by atoms with Gasteiger partial charge in [0.15, 0.2) is 0 Å². The molecule has 0 saturated carbocycles. The fourth-order valence-electron chi connectivity index (χ4n) is 3.29. The van der Waals surface area contributed by atoms with Gasteiger partial charge in [-0.3, -0.25) is 15.0 Å². The topological polar surface area (TPSA) is 178 Å². The molecule has 2 amide bonds. The molecule has 10 heteroatoms. The maximum absolute atomic E-state index is 12.0. The van der Waals surface area contributed by atoms with Crippen molar-refractivity contribution in [2.24, 2.45) is 11.1 Å². The SMILES string of the molecule is C=C/C(=C\C=C\C(=N)N)NC(=O)[C@@H]1CCCCN1.CC(C)(C)[C@@H](CO)NC(=O)c1cccc(C(=O)O)c1. The van der Waals surface area contributed by atoms with Gasteiger partial charge in [0.05, 0.1) is 24.3 Å². The first kappa shape index (κ1) is 31.3. The fraction of sp³-hybridized carbons (Fsp3) is 0.407. The highest BCUT2D eigenvalue weighted by atomic mass is 16.4. The van der Waals surface area contributed by atoms with E-state index in [9.17, 15) is 19.5 Å². The van der Waals surface area contributed by atoms with Crippen molar-refractivity contribution < 1.29 is 24.6 Å². The Kier molecular flexibility index (Phi) is 13.0. The zero-order valence-electron chi connectivity index (χ0n) is 21.7. The van der Waals surface area contributed by atoms with Crippen LogP contribution in [0.4, 0.5) is 0 Å². The molecule has 1 aromatic rings. The number of aromatic carboxylic acids is 1. The summed E-state index contributed by atoms with van der Waals surface area (Å²) in [5.74, 6) is -1.55. The molecule has 10 nitrogen and oxygen atoms in total. The monoisotopic (exact) mass is 513 g/mol. The summed E-state index contributed by atoms with van der Waals surface area (Å²) in [5.41, 5.74) is 5.83. The van der Waals surface area contributed by atoms with Gasteiger partial charge < -0.3 is 31.9 Å². The summed E-state index contributed by atoms with van der Waals surface area (Å²) >= 11 is 0. The molecule has 202 valence electrons. The Morgan fingerprint density at radius 3 is 2.46 bits per heavy atom. The number of carboxylic acids is 1. The Bertz CT molecular complexity index is 1020. The van der Waals surface area contributed by atoms with Crippen LogP contribution in [0.25, 0.3) is 0 Å². The van der Waals surface area contributed by atoms with Gasteiger partial charge in [-0.25, -0.2) is 4.79 Å². The lowest BCUT2D eigenvalue weighted by molar-refractivity contribution is -0.122. The molecule has 1 aliphatic heterocycles. The number of aliphatic hydroxyl groups is 1. The number of aliphatic hydroxyl groups excluding tert-OH is 1. The maximum atomic E-state index is 12.0. The van der Waals surface area contributed by atoms with Crippen molar-refractivity contribution in [1.82, 2.24) is 16.0 Å². The van der Waals surface area contributed by atoms with Crippen LogP contribution in [0, 0.1) is 10.8 Å². The molecule has 37 heavy (non-hydrogen) atoms. The highest BCUT2D eigenvalue weighted by Gasteiger charge is 2.26. The Balaban J connectivity index is 0.000000371. The molecule has 2 rings (SSSR count). The number of carbonyl (C=O) groups excluding carboxylic acids is 2. The van der Waals surface area contributed by atoms with Crippen LogP contribution in [0.2, 0.25) is 0 Å². The minimum absolute atomic E-state index is 0.0325. The number of hydrogen-bond donors (Lipinski definition) is 7. The van der Waals surface area contributed by atoms with Crippen molar-refractivity contribution >= 4 is 23.6 Å². The van der Waals surface area contributed by atoms with E-state index in [4.69, 9.17) is 16.2 Å². The molecule has 0 unspecified atom stereocenters. The van der Waals surface area contributed by atoms with E-state index in [1.807, 2.05) is 20.8 Å². The van der Waals surface area contributed by atoms with Gasteiger partial charge in [-0.2, -0.15) is 0 Å². The average Bonchev–Trinajstić information content (AvgIpc) is 2.86. The van der Waals surface area contributed by atoms with Gasteiger partial charge in [0, 0.05) is 11.3 Å². The van der Waals surface area contributed by atoms with E-state index in [-0.39, 0.29) is 40.9 Å². The summed E-state index contributed by atoms with van der Waals surface area (Å²) in [5, 5.41) is 33.9. The number of rotatable bonds is 9. The van der Waals surface area contributed by atoms with E-state index in [0.717, 1.165) is 25.8 Å². The largest absolute Gasteiger partial charge is 0.478 e.